The molecular formula is C39H34IrN2OS-2. The van der Waals surface area contributed by atoms with E-state index in [2.05, 4.69) is 68.2 Å². The fourth-order valence-corrected chi connectivity index (χ4v) is 7.56. The molecule has 8 rings (SSSR count). The van der Waals surface area contributed by atoms with Gasteiger partial charge in [-0.2, -0.15) is 0 Å². The van der Waals surface area contributed by atoms with Gasteiger partial charge in [-0.25, -0.2) is 0 Å². The van der Waals surface area contributed by atoms with Crippen LogP contribution in [0.5, 0.6) is 0 Å². The minimum atomic E-state index is 0. The van der Waals surface area contributed by atoms with E-state index >= 15 is 0 Å². The van der Waals surface area contributed by atoms with Crippen LogP contribution in [0, 0.1) is 26.0 Å². The molecule has 0 aliphatic heterocycles. The number of hydrogen-bond donors (Lipinski definition) is 0. The third kappa shape index (κ3) is 5.65. The molecule has 44 heavy (non-hydrogen) atoms. The Labute approximate surface area is 276 Å². The quantitative estimate of drug-likeness (QED) is 0.168. The van der Waals surface area contributed by atoms with Crippen molar-refractivity contribution in [2.24, 2.45) is 0 Å². The molecule has 0 saturated heterocycles. The van der Waals surface area contributed by atoms with Crippen molar-refractivity contribution in [3.8, 4) is 22.5 Å². The Hall–Kier alpha value is -3.63. The van der Waals surface area contributed by atoms with Gasteiger partial charge in [-0.3, -0.25) is 0 Å². The second kappa shape index (κ2) is 12.8. The zero-order valence-corrected chi connectivity index (χ0v) is 28.7. The van der Waals surface area contributed by atoms with Crippen molar-refractivity contribution in [3.05, 3.63) is 118 Å². The Balaban J connectivity index is 0.000000207. The van der Waals surface area contributed by atoms with Crippen LogP contribution in [0.15, 0.2) is 83.5 Å². The number of furan rings is 1. The van der Waals surface area contributed by atoms with Crippen LogP contribution in [-0.4, -0.2) is 9.97 Å². The summed E-state index contributed by atoms with van der Waals surface area (Å²) in [5.74, 6) is 0.457. The van der Waals surface area contributed by atoms with Crippen LogP contribution >= 0.6 is 11.3 Å². The van der Waals surface area contributed by atoms with E-state index in [9.17, 15) is 0 Å². The topological polar surface area (TPSA) is 38.9 Å². The predicted octanol–water partition coefficient (Wildman–Crippen LogP) is 10.8. The minimum absolute atomic E-state index is 0. The van der Waals surface area contributed by atoms with Crippen LogP contribution in [0.3, 0.4) is 0 Å². The number of thiophene rings is 1. The van der Waals surface area contributed by atoms with Crippen molar-refractivity contribution in [2.45, 2.75) is 59.3 Å². The maximum absolute atomic E-state index is 6.60. The molecule has 1 aliphatic rings. The Morgan fingerprint density at radius 1 is 0.795 bits per heavy atom. The first-order valence-electron chi connectivity index (χ1n) is 15.1. The van der Waals surface area contributed by atoms with Gasteiger partial charge >= 0.3 is 0 Å². The third-order valence-corrected chi connectivity index (χ3v) is 9.75. The molecule has 4 heterocycles. The number of rotatable bonds is 3. The summed E-state index contributed by atoms with van der Waals surface area (Å²) in [7, 11) is 0. The number of aromatic nitrogens is 2. The number of hydrogen-bond acceptors (Lipinski definition) is 4. The van der Waals surface area contributed by atoms with Crippen molar-refractivity contribution in [1.29, 1.82) is 0 Å². The van der Waals surface area contributed by atoms with E-state index in [-0.39, 0.29) is 20.1 Å². The van der Waals surface area contributed by atoms with Crippen LogP contribution < -0.4 is 0 Å². The predicted molar refractivity (Wildman–Crippen MR) is 180 cm³/mol. The summed E-state index contributed by atoms with van der Waals surface area (Å²) in [6, 6.07) is 29.4. The van der Waals surface area contributed by atoms with Gasteiger partial charge in [-0.05, 0) is 84.5 Å². The first kappa shape index (κ1) is 30.4. The summed E-state index contributed by atoms with van der Waals surface area (Å²) in [5.41, 5.74) is 11.1. The van der Waals surface area contributed by atoms with Gasteiger partial charge in [0.25, 0.3) is 0 Å². The largest absolute Gasteiger partial charge is 0.499 e. The van der Waals surface area contributed by atoms with Crippen LogP contribution in [0.1, 0.15) is 59.7 Å². The molecule has 0 saturated carbocycles. The Bertz CT molecular complexity index is 2070. The van der Waals surface area contributed by atoms with Crippen molar-refractivity contribution in [2.75, 3.05) is 0 Å². The van der Waals surface area contributed by atoms with Crippen molar-refractivity contribution >= 4 is 43.4 Å². The van der Waals surface area contributed by atoms with Crippen molar-refractivity contribution in [3.63, 3.8) is 0 Å². The van der Waals surface area contributed by atoms with Crippen molar-refractivity contribution in [1.82, 2.24) is 9.97 Å². The molecule has 3 nitrogen and oxygen atoms in total. The summed E-state index contributed by atoms with van der Waals surface area (Å²) >= 11 is 1.93. The Kier molecular flexibility index (Phi) is 8.82. The van der Waals surface area contributed by atoms with Gasteiger partial charge in [0.15, 0.2) is 0 Å². The summed E-state index contributed by atoms with van der Waals surface area (Å²) in [4.78, 5) is 10.6. The van der Waals surface area contributed by atoms with E-state index in [0.29, 0.717) is 5.92 Å². The maximum Gasteiger partial charge on any atom is 0.138 e. The molecule has 0 fully saturated rings. The number of nitrogens with zero attached hydrogens (tertiary/aromatic N) is 2. The maximum atomic E-state index is 6.60. The van der Waals surface area contributed by atoms with E-state index in [1.807, 2.05) is 67.1 Å². The second-order valence-electron chi connectivity index (χ2n) is 11.8. The molecule has 1 radical (unpaired) electrons. The fourth-order valence-electron chi connectivity index (χ4n) is 6.19. The number of pyridine rings is 2. The third-order valence-electron chi connectivity index (χ3n) is 8.44. The molecule has 0 unspecified atom stereocenters. The van der Waals surface area contributed by atoms with E-state index in [4.69, 9.17) is 9.40 Å². The summed E-state index contributed by atoms with van der Waals surface area (Å²) in [5, 5.41) is 3.74. The van der Waals surface area contributed by atoms with E-state index in [1.54, 1.807) is 10.4 Å². The van der Waals surface area contributed by atoms with E-state index in [1.165, 1.54) is 57.8 Å². The van der Waals surface area contributed by atoms with Gasteiger partial charge in [0, 0.05) is 42.8 Å². The molecule has 5 heteroatoms. The average Bonchev–Trinajstić information content (AvgIpc) is 3.61. The summed E-state index contributed by atoms with van der Waals surface area (Å²) < 4.78 is 7.91. The molecule has 7 aromatic rings. The standard InChI is InChI=1S/C27H24NOS.C12H10N.Ir/c1-15(2)22-13-23(28-14-16(22)3)21-9-6-8-18-19-11-12-20-17-7-4-5-10-24(17)30-27(20)26(19)29-25(18)21;1-10-7-8-12(13-9-10)11-5-3-2-4-6-11;/h6,8,11-15H,4-5,7,10H2,1-3H3;2-5,7-9H,1H3;/q2*-1;. The number of aryl methyl sites for hydroxylation is 4. The first-order valence-corrected chi connectivity index (χ1v) is 16.0. The van der Waals surface area contributed by atoms with Crippen LogP contribution in [0.4, 0.5) is 0 Å². The molecule has 0 atom stereocenters. The van der Waals surface area contributed by atoms with E-state index in [0.717, 1.165) is 39.1 Å². The van der Waals surface area contributed by atoms with Gasteiger partial charge in [-0.1, -0.05) is 55.1 Å². The van der Waals surface area contributed by atoms with Gasteiger partial charge in [0.2, 0.25) is 0 Å². The zero-order chi connectivity index (χ0) is 29.5. The molecule has 3 aromatic carbocycles. The SMILES string of the molecule is Cc1ccc(-c2[c-]cccc2)nc1.Cc1cnc(-c2[c-]ccc3c2oc2c3ccc3c4c(sc32)CCCC4)cc1C(C)C.[Ir]. The van der Waals surface area contributed by atoms with Gasteiger partial charge < -0.3 is 14.4 Å². The fraction of sp³-hybridized carbons (Fsp3) is 0.231. The Morgan fingerprint density at radius 3 is 2.36 bits per heavy atom. The van der Waals surface area contributed by atoms with Crippen LogP contribution in [0.2, 0.25) is 0 Å². The van der Waals surface area contributed by atoms with Crippen LogP contribution in [0.25, 0.3) is 54.5 Å². The second-order valence-corrected chi connectivity index (χ2v) is 12.9. The summed E-state index contributed by atoms with van der Waals surface area (Å²) in [6.45, 7) is 8.62. The monoisotopic (exact) mass is 771 g/mol. The van der Waals surface area contributed by atoms with E-state index < -0.39 is 0 Å². The summed E-state index contributed by atoms with van der Waals surface area (Å²) in [6.07, 6.45) is 8.86. The molecule has 4 aromatic heterocycles. The zero-order valence-electron chi connectivity index (χ0n) is 25.5. The number of benzene rings is 3. The van der Waals surface area contributed by atoms with Gasteiger partial charge in [0.05, 0.1) is 10.3 Å². The molecule has 0 bridgehead atoms. The molecule has 0 spiro atoms. The normalized spacial score (nSPS) is 12.7. The molecular weight excluding hydrogens is 737 g/mol. The van der Waals surface area contributed by atoms with Gasteiger partial charge in [-0.15, -0.1) is 65.4 Å². The van der Waals surface area contributed by atoms with Gasteiger partial charge in [0.1, 0.15) is 5.58 Å². The Morgan fingerprint density at radius 2 is 1.59 bits per heavy atom. The average molecular weight is 771 g/mol. The molecule has 223 valence electrons. The van der Waals surface area contributed by atoms with Crippen molar-refractivity contribution < 1.29 is 24.5 Å². The van der Waals surface area contributed by atoms with Crippen LogP contribution in [-0.2, 0) is 32.9 Å². The smallest absolute Gasteiger partial charge is 0.138 e. The molecule has 0 amide bonds. The number of fused-ring (bicyclic) bond motifs is 7. The molecule has 1 aliphatic carbocycles. The first-order chi connectivity index (χ1) is 21.0. The minimum Gasteiger partial charge on any atom is -0.499 e. The molecule has 0 N–H and O–H groups in total.